The number of aliphatic imine (C=N–C) groups is 1. The van der Waals surface area contributed by atoms with Crippen LogP contribution in [0.15, 0.2) is 41.4 Å². The first-order valence-corrected chi connectivity index (χ1v) is 8.30. The number of nitrogens with zero attached hydrogens (tertiary/aromatic N) is 1. The Hall–Kier alpha value is -1.59. The summed E-state index contributed by atoms with van der Waals surface area (Å²) >= 11 is 7.50. The Morgan fingerprint density at radius 2 is 1.95 bits per heavy atom. The summed E-state index contributed by atoms with van der Waals surface area (Å²) in [6.45, 7) is 1.49. The van der Waals surface area contributed by atoms with E-state index >= 15 is 0 Å². The monoisotopic (exact) mass is 339 g/mol. The van der Waals surface area contributed by atoms with Gasteiger partial charge in [-0.3, -0.25) is 4.99 Å². The molecule has 0 saturated carbocycles. The molecule has 2 N–H and O–H groups in total. The predicted molar refractivity (Wildman–Crippen MR) is 92.5 cm³/mol. The van der Waals surface area contributed by atoms with Crippen molar-refractivity contribution in [2.45, 2.75) is 12.8 Å². The molecule has 0 radical (unpaired) electrons. The number of rotatable bonds is 6. The molecular weight excluding hydrogens is 321 g/mol. The van der Waals surface area contributed by atoms with Crippen LogP contribution in [0.25, 0.3) is 0 Å². The molecule has 2 rings (SSSR count). The summed E-state index contributed by atoms with van der Waals surface area (Å²) in [6, 6.07) is 10.6. The molecule has 1 aromatic heterocycles. The molecule has 22 heavy (non-hydrogen) atoms. The van der Waals surface area contributed by atoms with E-state index < -0.39 is 0 Å². The fourth-order valence-corrected chi connectivity index (χ4v) is 3.12. The third-order valence-electron chi connectivity index (χ3n) is 3.11. The van der Waals surface area contributed by atoms with Crippen LogP contribution in [0.4, 0.5) is 4.39 Å². The second-order valence-corrected chi connectivity index (χ2v) is 6.56. The molecule has 0 saturated heterocycles. The fourth-order valence-electron chi connectivity index (χ4n) is 2.03. The van der Waals surface area contributed by atoms with E-state index in [-0.39, 0.29) is 5.82 Å². The Balaban J connectivity index is 1.69. The summed E-state index contributed by atoms with van der Waals surface area (Å²) in [5.41, 5.74) is 0.969. The number of guanidine groups is 1. The molecule has 0 aliphatic carbocycles. The maximum atomic E-state index is 13.1. The molecule has 0 aliphatic rings. The van der Waals surface area contributed by atoms with Crippen molar-refractivity contribution in [3.63, 3.8) is 0 Å². The molecule has 0 fully saturated rings. The minimum Gasteiger partial charge on any atom is -0.356 e. The van der Waals surface area contributed by atoms with Gasteiger partial charge >= 0.3 is 0 Å². The number of benzene rings is 1. The van der Waals surface area contributed by atoms with Crippen molar-refractivity contribution < 1.29 is 4.39 Å². The Kier molecular flexibility index (Phi) is 6.68. The van der Waals surface area contributed by atoms with Gasteiger partial charge in [0.15, 0.2) is 5.96 Å². The maximum Gasteiger partial charge on any atom is 0.190 e. The van der Waals surface area contributed by atoms with Crippen molar-refractivity contribution in [3.05, 3.63) is 57.0 Å². The zero-order chi connectivity index (χ0) is 15.8. The van der Waals surface area contributed by atoms with E-state index in [0.29, 0.717) is 6.54 Å². The molecule has 1 aromatic carbocycles. The second kappa shape index (κ2) is 8.76. The van der Waals surface area contributed by atoms with E-state index in [2.05, 4.69) is 15.6 Å². The van der Waals surface area contributed by atoms with E-state index in [1.807, 2.05) is 18.2 Å². The van der Waals surface area contributed by atoms with Gasteiger partial charge in [0.1, 0.15) is 5.82 Å². The van der Waals surface area contributed by atoms with Crippen LogP contribution in [0.1, 0.15) is 10.4 Å². The molecule has 0 bridgehead atoms. The topological polar surface area (TPSA) is 36.4 Å². The predicted octanol–water partition coefficient (Wildman–Crippen LogP) is 3.49. The molecule has 0 atom stereocenters. The summed E-state index contributed by atoms with van der Waals surface area (Å²) in [5.74, 6) is 0.550. The van der Waals surface area contributed by atoms with Crippen molar-refractivity contribution in [1.29, 1.82) is 0 Å². The van der Waals surface area contributed by atoms with Crippen molar-refractivity contribution in [2.75, 3.05) is 20.1 Å². The number of thiophene rings is 1. The number of hydrogen-bond donors (Lipinski definition) is 2. The maximum absolute atomic E-state index is 13.1. The number of halogens is 2. The SMILES string of the molecule is CN=C(NCCc1cccc(F)c1)NCCc1ccc(Cl)s1. The smallest absolute Gasteiger partial charge is 0.190 e. The van der Waals surface area contributed by atoms with Crippen molar-refractivity contribution in [2.24, 2.45) is 4.99 Å². The van der Waals surface area contributed by atoms with Gasteiger partial charge in [0, 0.05) is 25.0 Å². The zero-order valence-electron chi connectivity index (χ0n) is 12.4. The van der Waals surface area contributed by atoms with Crippen LogP contribution < -0.4 is 10.6 Å². The molecule has 0 aliphatic heterocycles. The third kappa shape index (κ3) is 5.66. The molecular formula is C16H19ClFN3S. The highest BCUT2D eigenvalue weighted by Gasteiger charge is 2.01. The standard InChI is InChI=1S/C16H19ClFN3S/c1-19-16(21-10-8-14-5-6-15(17)22-14)20-9-7-12-3-2-4-13(18)11-12/h2-6,11H,7-10H2,1H3,(H2,19,20,21). The highest BCUT2D eigenvalue weighted by Crippen LogP contribution is 2.21. The summed E-state index contributed by atoms with van der Waals surface area (Å²) in [5, 5.41) is 6.48. The summed E-state index contributed by atoms with van der Waals surface area (Å²) < 4.78 is 13.9. The van der Waals surface area contributed by atoms with E-state index in [1.165, 1.54) is 10.9 Å². The largest absolute Gasteiger partial charge is 0.356 e. The van der Waals surface area contributed by atoms with Gasteiger partial charge < -0.3 is 10.6 Å². The Morgan fingerprint density at radius 1 is 1.18 bits per heavy atom. The molecule has 1 heterocycles. The van der Waals surface area contributed by atoms with Gasteiger partial charge in [-0.1, -0.05) is 23.7 Å². The van der Waals surface area contributed by atoms with Crippen LogP contribution in [0, 0.1) is 5.82 Å². The van der Waals surface area contributed by atoms with Crippen LogP contribution in [0.5, 0.6) is 0 Å². The first-order chi connectivity index (χ1) is 10.7. The first kappa shape index (κ1) is 16.8. The summed E-state index contributed by atoms with van der Waals surface area (Å²) in [7, 11) is 1.74. The molecule has 0 amide bonds. The molecule has 6 heteroatoms. The third-order valence-corrected chi connectivity index (χ3v) is 4.40. The van der Waals surface area contributed by atoms with Gasteiger partial charge in [0.2, 0.25) is 0 Å². The molecule has 118 valence electrons. The van der Waals surface area contributed by atoms with E-state index in [0.717, 1.165) is 35.2 Å². The average molecular weight is 340 g/mol. The quantitative estimate of drug-likeness (QED) is 0.624. The van der Waals surface area contributed by atoms with E-state index in [9.17, 15) is 4.39 Å². The lowest BCUT2D eigenvalue weighted by Crippen LogP contribution is -2.39. The first-order valence-electron chi connectivity index (χ1n) is 7.10. The lowest BCUT2D eigenvalue weighted by molar-refractivity contribution is 0.625. The second-order valence-electron chi connectivity index (χ2n) is 4.76. The lowest BCUT2D eigenvalue weighted by atomic mass is 10.1. The fraction of sp³-hybridized carbons (Fsp3) is 0.312. The van der Waals surface area contributed by atoms with Gasteiger partial charge in [-0.25, -0.2) is 4.39 Å². The highest BCUT2D eigenvalue weighted by atomic mass is 35.5. The zero-order valence-corrected chi connectivity index (χ0v) is 14.0. The summed E-state index contributed by atoms with van der Waals surface area (Å²) in [4.78, 5) is 5.41. The van der Waals surface area contributed by atoms with Gasteiger partial charge in [-0.15, -0.1) is 11.3 Å². The molecule has 3 nitrogen and oxygen atoms in total. The normalized spacial score (nSPS) is 11.5. The van der Waals surface area contributed by atoms with E-state index in [4.69, 9.17) is 11.6 Å². The molecule has 0 unspecified atom stereocenters. The van der Waals surface area contributed by atoms with Crippen LogP contribution in [-0.4, -0.2) is 26.1 Å². The Bertz CT molecular complexity index is 627. The van der Waals surface area contributed by atoms with Crippen LogP contribution >= 0.6 is 22.9 Å². The number of nitrogens with one attached hydrogen (secondary N) is 2. The minimum absolute atomic E-state index is 0.199. The Morgan fingerprint density at radius 3 is 2.59 bits per heavy atom. The van der Waals surface area contributed by atoms with Gasteiger partial charge in [-0.05, 0) is 42.7 Å². The summed E-state index contributed by atoms with van der Waals surface area (Å²) in [6.07, 6.45) is 1.65. The van der Waals surface area contributed by atoms with Crippen molar-refractivity contribution in [3.8, 4) is 0 Å². The molecule has 0 spiro atoms. The van der Waals surface area contributed by atoms with Gasteiger partial charge in [-0.2, -0.15) is 0 Å². The van der Waals surface area contributed by atoms with Crippen molar-refractivity contribution in [1.82, 2.24) is 10.6 Å². The molecule has 2 aromatic rings. The minimum atomic E-state index is -0.199. The van der Waals surface area contributed by atoms with E-state index in [1.54, 1.807) is 30.5 Å². The van der Waals surface area contributed by atoms with Gasteiger partial charge in [0.05, 0.1) is 4.34 Å². The highest BCUT2D eigenvalue weighted by molar-refractivity contribution is 7.16. The van der Waals surface area contributed by atoms with Gasteiger partial charge in [0.25, 0.3) is 0 Å². The number of hydrogen-bond acceptors (Lipinski definition) is 2. The van der Waals surface area contributed by atoms with Crippen molar-refractivity contribution >= 4 is 28.9 Å². The van der Waals surface area contributed by atoms with Crippen LogP contribution in [0.3, 0.4) is 0 Å². The lowest BCUT2D eigenvalue weighted by Gasteiger charge is -2.11. The van der Waals surface area contributed by atoms with Crippen LogP contribution in [0.2, 0.25) is 4.34 Å². The Labute approximate surface area is 139 Å². The van der Waals surface area contributed by atoms with Crippen LogP contribution in [-0.2, 0) is 12.8 Å². The average Bonchev–Trinajstić information content (AvgIpc) is 2.91.